The Morgan fingerprint density at radius 3 is 2.18 bits per heavy atom. The third-order valence-corrected chi connectivity index (χ3v) is 3.07. The van der Waals surface area contributed by atoms with Gasteiger partial charge in [-0.25, -0.2) is 9.18 Å². The second-order valence-electron chi connectivity index (χ2n) is 4.89. The summed E-state index contributed by atoms with van der Waals surface area (Å²) >= 11 is 0. The summed E-state index contributed by atoms with van der Waals surface area (Å²) in [5, 5.41) is 13.8. The van der Waals surface area contributed by atoms with E-state index in [4.69, 9.17) is 5.11 Å². The summed E-state index contributed by atoms with van der Waals surface area (Å²) in [6, 6.07) is 3.58. The number of nitrogens with one attached hydrogen (secondary N) is 2. The van der Waals surface area contributed by atoms with Gasteiger partial charge in [-0.3, -0.25) is 9.59 Å². The zero-order chi connectivity index (χ0) is 16.7. The highest BCUT2D eigenvalue weighted by molar-refractivity contribution is 5.90. The minimum Gasteiger partial charge on any atom is -0.480 e. The van der Waals surface area contributed by atoms with E-state index < -0.39 is 35.7 Å². The van der Waals surface area contributed by atoms with E-state index >= 15 is 0 Å². The largest absolute Gasteiger partial charge is 0.480 e. The third kappa shape index (κ3) is 5.51. The quantitative estimate of drug-likeness (QED) is 0.696. The van der Waals surface area contributed by atoms with Crippen LogP contribution in [0.2, 0.25) is 0 Å². The Kier molecular flexibility index (Phi) is 6.49. The van der Waals surface area contributed by atoms with Crippen LogP contribution in [0.5, 0.6) is 0 Å². The number of aliphatic carboxylic acids is 1. The molecule has 0 aliphatic carbocycles. The Balaban J connectivity index is 2.82. The zero-order valence-electron chi connectivity index (χ0n) is 12.4. The SMILES string of the molecule is CC[C@H](NC(=O)[C@H](Cc1ccc(F)cc1)NC(C)=O)C(=O)O. The molecule has 0 saturated carbocycles. The van der Waals surface area contributed by atoms with Crippen LogP contribution < -0.4 is 10.6 Å². The van der Waals surface area contributed by atoms with E-state index in [1.807, 2.05) is 0 Å². The predicted octanol–water partition coefficient (Wildman–Crippen LogP) is 0.852. The van der Waals surface area contributed by atoms with E-state index in [1.165, 1.54) is 31.2 Å². The summed E-state index contributed by atoms with van der Waals surface area (Å²) in [5.74, 6) is -2.54. The Bertz CT molecular complexity index is 545. The van der Waals surface area contributed by atoms with Gasteiger partial charge in [-0.1, -0.05) is 19.1 Å². The Morgan fingerprint density at radius 2 is 1.73 bits per heavy atom. The van der Waals surface area contributed by atoms with Gasteiger partial charge in [0.25, 0.3) is 0 Å². The van der Waals surface area contributed by atoms with Crippen molar-refractivity contribution in [2.24, 2.45) is 0 Å². The number of carboxylic acid groups (broad SMARTS) is 1. The number of hydrogen-bond donors (Lipinski definition) is 3. The standard InChI is InChI=1S/C15H19FN2O4/c1-3-12(15(21)22)18-14(20)13(17-9(2)19)8-10-4-6-11(16)7-5-10/h4-7,12-13H,3,8H2,1-2H3,(H,17,19)(H,18,20)(H,21,22)/t12-,13-/m0/s1. The fourth-order valence-electron chi connectivity index (χ4n) is 1.92. The van der Waals surface area contributed by atoms with Crippen molar-refractivity contribution in [2.75, 3.05) is 0 Å². The maximum atomic E-state index is 12.9. The molecule has 2 atom stereocenters. The number of carbonyl (C=O) groups excluding carboxylic acids is 2. The van der Waals surface area contributed by atoms with Crippen molar-refractivity contribution in [3.63, 3.8) is 0 Å². The van der Waals surface area contributed by atoms with Crippen molar-refractivity contribution in [1.29, 1.82) is 0 Å². The third-order valence-electron chi connectivity index (χ3n) is 3.07. The van der Waals surface area contributed by atoms with Gasteiger partial charge in [0.15, 0.2) is 0 Å². The zero-order valence-corrected chi connectivity index (χ0v) is 12.4. The van der Waals surface area contributed by atoms with Crippen molar-refractivity contribution in [2.45, 2.75) is 38.8 Å². The lowest BCUT2D eigenvalue weighted by Crippen LogP contribution is -2.51. The molecule has 6 nitrogen and oxygen atoms in total. The lowest BCUT2D eigenvalue weighted by molar-refractivity contribution is -0.142. The van der Waals surface area contributed by atoms with E-state index in [-0.39, 0.29) is 12.8 Å². The highest BCUT2D eigenvalue weighted by Crippen LogP contribution is 2.07. The lowest BCUT2D eigenvalue weighted by Gasteiger charge is -2.20. The molecule has 0 fully saturated rings. The average molecular weight is 310 g/mol. The van der Waals surface area contributed by atoms with Gasteiger partial charge < -0.3 is 15.7 Å². The maximum Gasteiger partial charge on any atom is 0.326 e. The molecule has 0 spiro atoms. The Labute approximate surface area is 127 Å². The van der Waals surface area contributed by atoms with Gasteiger partial charge in [-0.2, -0.15) is 0 Å². The number of halogens is 1. The van der Waals surface area contributed by atoms with E-state index in [1.54, 1.807) is 6.92 Å². The lowest BCUT2D eigenvalue weighted by atomic mass is 10.0. The fraction of sp³-hybridized carbons (Fsp3) is 0.400. The molecule has 2 amide bonds. The van der Waals surface area contributed by atoms with Crippen LogP contribution in [0.25, 0.3) is 0 Å². The van der Waals surface area contributed by atoms with Crippen LogP contribution in [0.4, 0.5) is 4.39 Å². The molecule has 0 aromatic heterocycles. The smallest absolute Gasteiger partial charge is 0.326 e. The molecule has 0 unspecified atom stereocenters. The topological polar surface area (TPSA) is 95.5 Å². The Morgan fingerprint density at radius 1 is 1.14 bits per heavy atom. The van der Waals surface area contributed by atoms with Gasteiger partial charge in [-0.15, -0.1) is 0 Å². The number of rotatable bonds is 7. The minimum atomic E-state index is -1.14. The van der Waals surface area contributed by atoms with Crippen LogP contribution in [0.15, 0.2) is 24.3 Å². The van der Waals surface area contributed by atoms with Crippen molar-refractivity contribution in [1.82, 2.24) is 10.6 Å². The molecular weight excluding hydrogens is 291 g/mol. The summed E-state index contributed by atoms with van der Waals surface area (Å²) < 4.78 is 12.9. The summed E-state index contributed by atoms with van der Waals surface area (Å²) in [6.45, 7) is 2.89. The van der Waals surface area contributed by atoms with Crippen LogP contribution in [-0.2, 0) is 20.8 Å². The first-order valence-corrected chi connectivity index (χ1v) is 6.88. The molecule has 0 heterocycles. The molecule has 0 saturated heterocycles. The molecule has 0 radical (unpaired) electrons. The van der Waals surface area contributed by atoms with Gasteiger partial charge in [0.1, 0.15) is 17.9 Å². The van der Waals surface area contributed by atoms with E-state index in [9.17, 15) is 18.8 Å². The van der Waals surface area contributed by atoms with Gasteiger partial charge >= 0.3 is 5.97 Å². The van der Waals surface area contributed by atoms with Gasteiger partial charge in [-0.05, 0) is 24.1 Å². The van der Waals surface area contributed by atoms with E-state index in [0.29, 0.717) is 5.56 Å². The molecular formula is C15H19FN2O4. The number of benzene rings is 1. The minimum absolute atomic E-state index is 0.141. The van der Waals surface area contributed by atoms with Crippen LogP contribution >= 0.6 is 0 Å². The second-order valence-corrected chi connectivity index (χ2v) is 4.89. The van der Waals surface area contributed by atoms with Crippen LogP contribution in [0.3, 0.4) is 0 Å². The normalized spacial score (nSPS) is 13.0. The summed E-state index contributed by atoms with van der Waals surface area (Å²) in [7, 11) is 0. The van der Waals surface area contributed by atoms with E-state index in [0.717, 1.165) is 0 Å². The number of carbonyl (C=O) groups is 3. The van der Waals surface area contributed by atoms with Crippen molar-refractivity contribution in [3.05, 3.63) is 35.6 Å². The fourth-order valence-corrected chi connectivity index (χ4v) is 1.92. The van der Waals surface area contributed by atoms with Gasteiger partial charge in [0.05, 0.1) is 0 Å². The van der Waals surface area contributed by atoms with Crippen LogP contribution in [0, 0.1) is 5.82 Å². The molecule has 0 aliphatic heterocycles. The molecule has 0 bridgehead atoms. The first-order valence-electron chi connectivity index (χ1n) is 6.88. The van der Waals surface area contributed by atoms with Crippen molar-refractivity contribution < 1.29 is 23.9 Å². The van der Waals surface area contributed by atoms with Crippen LogP contribution in [0.1, 0.15) is 25.8 Å². The molecule has 0 aliphatic rings. The van der Waals surface area contributed by atoms with Crippen molar-refractivity contribution in [3.8, 4) is 0 Å². The molecule has 22 heavy (non-hydrogen) atoms. The molecule has 1 aromatic carbocycles. The number of amides is 2. The number of hydrogen-bond acceptors (Lipinski definition) is 3. The highest BCUT2D eigenvalue weighted by atomic mass is 19.1. The molecule has 1 rings (SSSR count). The predicted molar refractivity (Wildman–Crippen MR) is 77.6 cm³/mol. The van der Waals surface area contributed by atoms with E-state index in [2.05, 4.69) is 10.6 Å². The van der Waals surface area contributed by atoms with Crippen LogP contribution in [-0.4, -0.2) is 35.0 Å². The Hall–Kier alpha value is -2.44. The van der Waals surface area contributed by atoms with Gasteiger partial charge in [0.2, 0.25) is 11.8 Å². The average Bonchev–Trinajstić information content (AvgIpc) is 2.45. The van der Waals surface area contributed by atoms with Crippen molar-refractivity contribution >= 4 is 17.8 Å². The van der Waals surface area contributed by atoms with Gasteiger partial charge in [0, 0.05) is 13.3 Å². The maximum absolute atomic E-state index is 12.9. The summed E-state index contributed by atoms with van der Waals surface area (Å²) in [5.41, 5.74) is 0.652. The molecule has 1 aromatic rings. The molecule has 120 valence electrons. The first-order chi connectivity index (χ1) is 10.3. The monoisotopic (exact) mass is 310 g/mol. The summed E-state index contributed by atoms with van der Waals surface area (Å²) in [6.07, 6.45) is 0.367. The first kappa shape index (κ1) is 17.6. The highest BCUT2D eigenvalue weighted by Gasteiger charge is 2.25. The number of carboxylic acids is 1. The summed E-state index contributed by atoms with van der Waals surface area (Å²) in [4.78, 5) is 34.3. The molecule has 3 N–H and O–H groups in total. The second kappa shape index (κ2) is 8.11. The molecule has 7 heteroatoms.